The van der Waals surface area contributed by atoms with Crippen LogP contribution >= 0.6 is 11.3 Å². The lowest BCUT2D eigenvalue weighted by molar-refractivity contribution is -0.274. The number of sulfonamides is 1. The van der Waals surface area contributed by atoms with Gasteiger partial charge in [-0.2, -0.15) is 4.31 Å². The Balaban J connectivity index is 1.52. The van der Waals surface area contributed by atoms with Gasteiger partial charge in [0.15, 0.2) is 5.78 Å². The zero-order chi connectivity index (χ0) is 23.5. The summed E-state index contributed by atoms with van der Waals surface area (Å²) in [5.41, 5.74) is 0. The van der Waals surface area contributed by atoms with Crippen LogP contribution in [0.2, 0.25) is 0 Å². The van der Waals surface area contributed by atoms with E-state index >= 15 is 0 Å². The molecule has 174 valence electrons. The minimum atomic E-state index is -4.86. The lowest BCUT2D eigenvalue weighted by atomic mass is 10.1. The Labute approximate surface area is 187 Å². The van der Waals surface area contributed by atoms with Gasteiger partial charge >= 0.3 is 6.36 Å². The van der Waals surface area contributed by atoms with Crippen LogP contribution in [0.5, 0.6) is 5.75 Å². The van der Waals surface area contributed by atoms with Gasteiger partial charge in [0.25, 0.3) is 0 Å². The van der Waals surface area contributed by atoms with Crippen molar-refractivity contribution in [3.63, 3.8) is 0 Å². The van der Waals surface area contributed by atoms with E-state index < -0.39 is 22.1 Å². The second-order valence-electron chi connectivity index (χ2n) is 7.14. The predicted octanol–water partition coefficient (Wildman–Crippen LogP) is 3.45. The first kappa shape index (κ1) is 24.2. The zero-order valence-corrected chi connectivity index (χ0v) is 18.7. The van der Waals surface area contributed by atoms with Gasteiger partial charge in [-0.15, -0.1) is 24.5 Å². The van der Waals surface area contributed by atoms with Gasteiger partial charge in [-0.05, 0) is 43.3 Å². The number of ketones is 1. The molecule has 0 radical (unpaired) electrons. The van der Waals surface area contributed by atoms with E-state index in [4.69, 9.17) is 0 Å². The molecule has 0 aliphatic carbocycles. The highest BCUT2D eigenvalue weighted by atomic mass is 32.2. The van der Waals surface area contributed by atoms with E-state index in [-0.39, 0.29) is 55.6 Å². The summed E-state index contributed by atoms with van der Waals surface area (Å²) in [5, 5.41) is 0. The zero-order valence-electron chi connectivity index (χ0n) is 17.1. The van der Waals surface area contributed by atoms with Crippen molar-refractivity contribution in [2.45, 2.75) is 31.0 Å². The molecule has 0 N–H and O–H groups in total. The van der Waals surface area contributed by atoms with E-state index in [1.165, 1.54) is 20.5 Å². The van der Waals surface area contributed by atoms with Gasteiger partial charge in [0.1, 0.15) is 5.75 Å². The molecule has 1 fully saturated rings. The van der Waals surface area contributed by atoms with Crippen molar-refractivity contribution in [2.24, 2.45) is 0 Å². The molecule has 0 unspecified atom stereocenters. The number of hydrogen-bond donors (Lipinski definition) is 0. The molecule has 2 heterocycles. The Bertz CT molecular complexity index is 1070. The fourth-order valence-electron chi connectivity index (χ4n) is 3.23. The molecular formula is C20H21F3N2O5S2. The van der Waals surface area contributed by atoms with Gasteiger partial charge < -0.3 is 9.64 Å². The number of Topliss-reactive ketones (excluding diaryl/α,β-unsaturated/α-hetero) is 1. The molecule has 12 heteroatoms. The maximum Gasteiger partial charge on any atom is 0.573 e. The van der Waals surface area contributed by atoms with Crippen LogP contribution in [0.3, 0.4) is 0 Å². The molecule has 1 saturated heterocycles. The van der Waals surface area contributed by atoms with Crippen LogP contribution in [0.1, 0.15) is 27.4 Å². The van der Waals surface area contributed by atoms with Gasteiger partial charge in [0.05, 0.1) is 9.77 Å². The third-order valence-corrected chi connectivity index (χ3v) is 7.82. The SMILES string of the molecule is Cc1ccc(C(=O)CCC(=O)N2CCN(S(=O)(=O)c3ccc(OC(F)(F)F)cc3)CC2)s1. The van der Waals surface area contributed by atoms with Crippen LogP contribution in [-0.4, -0.2) is 61.9 Å². The molecule has 2 aromatic rings. The summed E-state index contributed by atoms with van der Waals surface area (Å²) in [6, 6.07) is 7.55. The predicted molar refractivity (Wildman–Crippen MR) is 111 cm³/mol. The molecule has 1 aliphatic heterocycles. The van der Waals surface area contributed by atoms with Crippen molar-refractivity contribution in [1.29, 1.82) is 0 Å². The number of carbonyl (C=O) groups excluding carboxylic acids is 2. The first-order valence-electron chi connectivity index (χ1n) is 9.69. The average molecular weight is 491 g/mol. The van der Waals surface area contributed by atoms with E-state index in [0.29, 0.717) is 4.88 Å². The quantitative estimate of drug-likeness (QED) is 0.555. The van der Waals surface area contributed by atoms with Crippen LogP contribution < -0.4 is 4.74 Å². The molecule has 0 spiro atoms. The minimum Gasteiger partial charge on any atom is -0.406 e. The number of ether oxygens (including phenoxy) is 1. The standard InChI is InChI=1S/C20H21F3N2O5S2/c1-14-2-8-18(31-14)17(26)7-9-19(27)24-10-12-25(13-11-24)32(28,29)16-5-3-15(4-6-16)30-20(21,22)23/h2-6,8H,7,9-13H2,1H3. The van der Waals surface area contributed by atoms with Crippen molar-refractivity contribution < 1.29 is 35.9 Å². The maximum absolute atomic E-state index is 12.8. The number of aryl methyl sites for hydroxylation is 1. The van der Waals surface area contributed by atoms with Crippen LogP contribution in [-0.2, 0) is 14.8 Å². The number of alkyl halides is 3. The summed E-state index contributed by atoms with van der Waals surface area (Å²) < 4.78 is 67.2. The number of carbonyl (C=O) groups is 2. The normalized spacial score (nSPS) is 15.6. The molecule has 1 amide bonds. The van der Waals surface area contributed by atoms with Crippen molar-refractivity contribution in [3.05, 3.63) is 46.2 Å². The summed E-state index contributed by atoms with van der Waals surface area (Å²) in [4.78, 5) is 27.6. The molecule has 0 atom stereocenters. The van der Waals surface area contributed by atoms with Gasteiger partial charge in [0, 0.05) is 43.9 Å². The summed E-state index contributed by atoms with van der Waals surface area (Å²) in [5.74, 6) is -0.841. The average Bonchev–Trinajstić information content (AvgIpc) is 3.17. The molecule has 3 rings (SSSR count). The number of halogens is 3. The van der Waals surface area contributed by atoms with E-state index in [1.54, 1.807) is 6.07 Å². The summed E-state index contributed by atoms with van der Waals surface area (Å²) in [6.07, 6.45) is -4.73. The topological polar surface area (TPSA) is 84.0 Å². The molecule has 0 bridgehead atoms. The Hall–Kier alpha value is -2.44. The molecule has 1 aromatic heterocycles. The highest BCUT2D eigenvalue weighted by molar-refractivity contribution is 7.89. The third kappa shape index (κ3) is 6.08. The summed E-state index contributed by atoms with van der Waals surface area (Å²) >= 11 is 1.38. The smallest absolute Gasteiger partial charge is 0.406 e. The molecule has 7 nitrogen and oxygen atoms in total. The van der Waals surface area contributed by atoms with Crippen molar-refractivity contribution in [3.8, 4) is 5.75 Å². The first-order valence-corrected chi connectivity index (χ1v) is 11.9. The molecule has 32 heavy (non-hydrogen) atoms. The summed E-state index contributed by atoms with van der Waals surface area (Å²) in [6.45, 7) is 2.32. The van der Waals surface area contributed by atoms with Gasteiger partial charge in [-0.25, -0.2) is 8.42 Å². The number of benzene rings is 1. The Morgan fingerprint density at radius 3 is 2.16 bits per heavy atom. The number of piperazine rings is 1. The van der Waals surface area contributed by atoms with Crippen molar-refractivity contribution in [2.75, 3.05) is 26.2 Å². The Morgan fingerprint density at radius 1 is 1.00 bits per heavy atom. The number of amides is 1. The van der Waals surface area contributed by atoms with E-state index in [0.717, 1.165) is 29.1 Å². The fraction of sp³-hybridized carbons (Fsp3) is 0.400. The second kappa shape index (κ2) is 9.59. The highest BCUT2D eigenvalue weighted by Gasteiger charge is 2.32. The third-order valence-electron chi connectivity index (χ3n) is 4.87. The van der Waals surface area contributed by atoms with Crippen LogP contribution in [0.4, 0.5) is 13.2 Å². The van der Waals surface area contributed by atoms with Crippen LogP contribution in [0.25, 0.3) is 0 Å². The van der Waals surface area contributed by atoms with Crippen LogP contribution in [0, 0.1) is 6.92 Å². The lowest BCUT2D eigenvalue weighted by Gasteiger charge is -2.34. The number of nitrogens with zero attached hydrogens (tertiary/aromatic N) is 2. The Kier molecular flexibility index (Phi) is 7.25. The van der Waals surface area contributed by atoms with Crippen molar-refractivity contribution >= 4 is 33.1 Å². The van der Waals surface area contributed by atoms with Gasteiger partial charge in [-0.1, -0.05) is 0 Å². The van der Waals surface area contributed by atoms with Crippen LogP contribution in [0.15, 0.2) is 41.3 Å². The minimum absolute atomic E-state index is 0.0448. The van der Waals surface area contributed by atoms with E-state index in [2.05, 4.69) is 4.74 Å². The largest absolute Gasteiger partial charge is 0.573 e. The van der Waals surface area contributed by atoms with Gasteiger partial charge in [0.2, 0.25) is 15.9 Å². The molecule has 0 saturated carbocycles. The molecular weight excluding hydrogens is 469 g/mol. The lowest BCUT2D eigenvalue weighted by Crippen LogP contribution is -2.50. The number of thiophene rings is 1. The molecule has 1 aliphatic rings. The molecule has 1 aromatic carbocycles. The van der Waals surface area contributed by atoms with Crippen molar-refractivity contribution in [1.82, 2.24) is 9.21 Å². The number of hydrogen-bond acceptors (Lipinski definition) is 6. The highest BCUT2D eigenvalue weighted by Crippen LogP contribution is 2.25. The van der Waals surface area contributed by atoms with Gasteiger partial charge in [-0.3, -0.25) is 9.59 Å². The van der Waals surface area contributed by atoms with E-state index in [1.807, 2.05) is 13.0 Å². The summed E-state index contributed by atoms with van der Waals surface area (Å²) in [7, 11) is -3.93. The number of rotatable bonds is 7. The first-order chi connectivity index (χ1) is 15.0. The van der Waals surface area contributed by atoms with E-state index in [9.17, 15) is 31.2 Å². The maximum atomic E-state index is 12.8. The monoisotopic (exact) mass is 490 g/mol. The fourth-order valence-corrected chi connectivity index (χ4v) is 5.48. The Morgan fingerprint density at radius 2 is 1.62 bits per heavy atom. The second-order valence-corrected chi connectivity index (χ2v) is 10.4.